The molecular weight excluding hydrogens is 406 g/mol. The van der Waals surface area contributed by atoms with Gasteiger partial charge in [0.1, 0.15) is 23.4 Å². The van der Waals surface area contributed by atoms with Gasteiger partial charge in [-0.3, -0.25) is 14.7 Å². The Morgan fingerprint density at radius 1 is 0.906 bits per heavy atom. The van der Waals surface area contributed by atoms with Crippen molar-refractivity contribution in [3.63, 3.8) is 0 Å². The zero-order chi connectivity index (χ0) is 22.5. The molecule has 32 heavy (non-hydrogen) atoms. The van der Waals surface area contributed by atoms with Crippen LogP contribution in [-0.2, 0) is 0 Å². The Labute approximate surface area is 184 Å². The average Bonchev–Trinajstić information content (AvgIpc) is 3.24. The van der Waals surface area contributed by atoms with Crippen LogP contribution in [0.4, 0.5) is 0 Å². The minimum Gasteiger partial charge on any atom is -0.457 e. The van der Waals surface area contributed by atoms with Gasteiger partial charge >= 0.3 is 0 Å². The van der Waals surface area contributed by atoms with Crippen LogP contribution in [0, 0.1) is 6.92 Å². The quantitative estimate of drug-likeness (QED) is 0.416. The second kappa shape index (κ2) is 9.13. The van der Waals surface area contributed by atoms with Crippen LogP contribution in [0.15, 0.2) is 78.9 Å². The first-order valence-electron chi connectivity index (χ1n) is 9.92. The lowest BCUT2D eigenvalue weighted by atomic mass is 10.1. The molecule has 0 fully saturated rings. The highest BCUT2D eigenvalue weighted by Gasteiger charge is 2.21. The van der Waals surface area contributed by atoms with Crippen LogP contribution in [-0.4, -0.2) is 27.0 Å². The maximum absolute atomic E-state index is 12.9. The number of amides is 2. The molecule has 4 N–H and O–H groups in total. The van der Waals surface area contributed by atoms with E-state index in [1.807, 2.05) is 30.3 Å². The first-order valence-corrected chi connectivity index (χ1v) is 9.92. The molecule has 4 aromatic rings. The number of aromatic amines is 1. The van der Waals surface area contributed by atoms with Crippen LogP contribution >= 0.6 is 0 Å². The van der Waals surface area contributed by atoms with E-state index < -0.39 is 11.9 Å². The molecular formula is C24H21N5O3. The standard InChI is InChI=1S/C24H21N5O3/c1-15-26-23(29-28-15)21(16-5-3-2-4-6-16)27-24(31)18-9-13-20(14-10-18)32-19-11-7-17(8-12-19)22(25)30/h2-14,21H,1H3,(H2,25,30)(H,27,31)(H,26,28,29). The number of nitrogens with zero attached hydrogens (tertiary/aromatic N) is 2. The number of nitrogens with two attached hydrogens (primary N) is 1. The monoisotopic (exact) mass is 427 g/mol. The van der Waals surface area contributed by atoms with Gasteiger partial charge in [0.15, 0.2) is 5.82 Å². The summed E-state index contributed by atoms with van der Waals surface area (Å²) in [5.74, 6) is 1.50. The molecule has 0 spiro atoms. The molecule has 8 heteroatoms. The van der Waals surface area contributed by atoms with Crippen molar-refractivity contribution in [1.82, 2.24) is 20.5 Å². The van der Waals surface area contributed by atoms with Gasteiger partial charge in [0.25, 0.3) is 5.91 Å². The summed E-state index contributed by atoms with van der Waals surface area (Å²) in [6, 6.07) is 22.3. The van der Waals surface area contributed by atoms with Gasteiger partial charge in [-0.2, -0.15) is 5.10 Å². The second-order valence-corrected chi connectivity index (χ2v) is 7.11. The Morgan fingerprint density at radius 2 is 1.50 bits per heavy atom. The molecule has 2 amide bonds. The predicted molar refractivity (Wildman–Crippen MR) is 118 cm³/mol. The van der Waals surface area contributed by atoms with Gasteiger partial charge in [-0.05, 0) is 61.0 Å². The van der Waals surface area contributed by atoms with Crippen LogP contribution in [0.2, 0.25) is 0 Å². The van der Waals surface area contributed by atoms with E-state index in [4.69, 9.17) is 10.5 Å². The van der Waals surface area contributed by atoms with Crippen molar-refractivity contribution in [2.75, 3.05) is 0 Å². The molecule has 3 aromatic carbocycles. The number of nitrogens with one attached hydrogen (secondary N) is 2. The maximum atomic E-state index is 12.9. The second-order valence-electron chi connectivity index (χ2n) is 7.11. The molecule has 0 aliphatic carbocycles. The van der Waals surface area contributed by atoms with Crippen molar-refractivity contribution < 1.29 is 14.3 Å². The predicted octanol–water partition coefficient (Wildman–Crippen LogP) is 3.52. The van der Waals surface area contributed by atoms with E-state index >= 15 is 0 Å². The summed E-state index contributed by atoms with van der Waals surface area (Å²) in [5, 5.41) is 10.0. The first kappa shape index (κ1) is 20.8. The number of hydrogen-bond acceptors (Lipinski definition) is 5. The number of aryl methyl sites for hydroxylation is 1. The van der Waals surface area contributed by atoms with E-state index in [1.165, 1.54) is 0 Å². The Kier molecular flexibility index (Phi) is 5.94. The third-order valence-corrected chi connectivity index (χ3v) is 4.77. The van der Waals surface area contributed by atoms with Gasteiger partial charge in [0.2, 0.25) is 5.91 Å². The molecule has 0 saturated carbocycles. The summed E-state index contributed by atoms with van der Waals surface area (Å²) in [4.78, 5) is 28.5. The fourth-order valence-electron chi connectivity index (χ4n) is 3.14. The summed E-state index contributed by atoms with van der Waals surface area (Å²) in [6.07, 6.45) is 0. The number of H-pyrrole nitrogens is 1. The van der Waals surface area contributed by atoms with Gasteiger partial charge in [-0.1, -0.05) is 30.3 Å². The summed E-state index contributed by atoms with van der Waals surface area (Å²) >= 11 is 0. The first-order chi connectivity index (χ1) is 15.5. The summed E-state index contributed by atoms with van der Waals surface area (Å²) < 4.78 is 5.76. The molecule has 8 nitrogen and oxygen atoms in total. The minimum absolute atomic E-state index is 0.265. The van der Waals surface area contributed by atoms with Crippen molar-refractivity contribution >= 4 is 11.8 Å². The summed E-state index contributed by atoms with van der Waals surface area (Å²) in [7, 11) is 0. The Hall–Kier alpha value is -4.46. The molecule has 0 bridgehead atoms. The van der Waals surface area contributed by atoms with Crippen LogP contribution in [0.3, 0.4) is 0 Å². The number of hydrogen-bond donors (Lipinski definition) is 3. The number of benzene rings is 3. The number of carbonyl (C=O) groups is 2. The lowest BCUT2D eigenvalue weighted by molar-refractivity contribution is 0.0940. The van der Waals surface area contributed by atoms with E-state index in [0.717, 1.165) is 5.56 Å². The van der Waals surface area contributed by atoms with E-state index in [0.29, 0.717) is 34.3 Å². The SMILES string of the molecule is Cc1nc(C(NC(=O)c2ccc(Oc3ccc(C(N)=O)cc3)cc2)c2ccccc2)n[nH]1. The molecule has 0 saturated heterocycles. The maximum Gasteiger partial charge on any atom is 0.252 e. The van der Waals surface area contributed by atoms with Crippen molar-refractivity contribution in [3.8, 4) is 11.5 Å². The van der Waals surface area contributed by atoms with E-state index in [9.17, 15) is 9.59 Å². The average molecular weight is 427 g/mol. The van der Waals surface area contributed by atoms with Crippen LogP contribution < -0.4 is 15.8 Å². The molecule has 1 heterocycles. The number of carbonyl (C=O) groups excluding carboxylic acids is 2. The lowest BCUT2D eigenvalue weighted by Gasteiger charge is -2.16. The molecule has 1 atom stereocenters. The van der Waals surface area contributed by atoms with Crippen LogP contribution in [0.1, 0.15) is 44.0 Å². The number of aromatic nitrogens is 3. The highest BCUT2D eigenvalue weighted by atomic mass is 16.5. The molecule has 0 aliphatic rings. The third-order valence-electron chi connectivity index (χ3n) is 4.77. The molecule has 160 valence electrons. The molecule has 4 rings (SSSR count). The fraction of sp³-hybridized carbons (Fsp3) is 0.0833. The highest BCUT2D eigenvalue weighted by molar-refractivity contribution is 5.94. The molecule has 0 radical (unpaired) electrons. The van der Waals surface area contributed by atoms with Gasteiger partial charge in [-0.25, -0.2) is 4.98 Å². The van der Waals surface area contributed by atoms with Crippen molar-refractivity contribution in [3.05, 3.63) is 107 Å². The number of rotatable bonds is 7. The Balaban J connectivity index is 1.48. The largest absolute Gasteiger partial charge is 0.457 e. The van der Waals surface area contributed by atoms with Crippen molar-refractivity contribution in [2.24, 2.45) is 5.73 Å². The molecule has 0 aliphatic heterocycles. The molecule has 1 unspecified atom stereocenters. The minimum atomic E-state index is -0.499. The zero-order valence-corrected chi connectivity index (χ0v) is 17.3. The Morgan fingerprint density at radius 3 is 2.03 bits per heavy atom. The van der Waals surface area contributed by atoms with Gasteiger partial charge in [0.05, 0.1) is 0 Å². The normalized spacial score (nSPS) is 11.5. The van der Waals surface area contributed by atoms with Crippen LogP contribution in [0.5, 0.6) is 11.5 Å². The van der Waals surface area contributed by atoms with Crippen molar-refractivity contribution in [1.29, 1.82) is 0 Å². The topological polar surface area (TPSA) is 123 Å². The van der Waals surface area contributed by atoms with Gasteiger partial charge in [-0.15, -0.1) is 0 Å². The smallest absolute Gasteiger partial charge is 0.252 e. The number of ether oxygens (including phenoxy) is 1. The van der Waals surface area contributed by atoms with E-state index in [1.54, 1.807) is 55.5 Å². The lowest BCUT2D eigenvalue weighted by Crippen LogP contribution is -2.30. The fourth-order valence-corrected chi connectivity index (χ4v) is 3.14. The highest BCUT2D eigenvalue weighted by Crippen LogP contribution is 2.23. The third kappa shape index (κ3) is 4.81. The van der Waals surface area contributed by atoms with Gasteiger partial charge in [0, 0.05) is 11.1 Å². The summed E-state index contributed by atoms with van der Waals surface area (Å²) in [5.41, 5.74) is 6.99. The summed E-state index contributed by atoms with van der Waals surface area (Å²) in [6.45, 7) is 1.81. The Bertz CT molecular complexity index is 1220. The molecule has 1 aromatic heterocycles. The van der Waals surface area contributed by atoms with E-state index in [2.05, 4.69) is 20.5 Å². The number of primary amides is 1. The van der Waals surface area contributed by atoms with E-state index in [-0.39, 0.29) is 5.91 Å². The van der Waals surface area contributed by atoms with Gasteiger partial charge < -0.3 is 15.8 Å². The van der Waals surface area contributed by atoms with Crippen molar-refractivity contribution in [2.45, 2.75) is 13.0 Å². The zero-order valence-electron chi connectivity index (χ0n) is 17.3. The van der Waals surface area contributed by atoms with Crippen LogP contribution in [0.25, 0.3) is 0 Å².